The van der Waals surface area contributed by atoms with Gasteiger partial charge in [-0.15, -0.1) is 6.10 Å². The molecule has 0 amide bonds. The third-order valence-corrected chi connectivity index (χ3v) is 8.97. The molecule has 55 heavy (non-hydrogen) atoms. The fourth-order valence-corrected chi connectivity index (χ4v) is 5.80. The fourth-order valence-electron chi connectivity index (χ4n) is 5.80. The number of hydrogen-bond donors (Lipinski definition) is 1. The van der Waals surface area contributed by atoms with E-state index < -0.39 is 24.0 Å². The summed E-state index contributed by atoms with van der Waals surface area (Å²) in [6.45, 7) is 12.4. The minimum absolute atomic E-state index is 0. The van der Waals surface area contributed by atoms with Gasteiger partial charge in [0.25, 0.3) is 0 Å². The summed E-state index contributed by atoms with van der Waals surface area (Å²) in [5.41, 5.74) is 6.01. The molecule has 1 aromatic rings. The van der Waals surface area contributed by atoms with Gasteiger partial charge in [0.2, 0.25) is 0 Å². The number of nitrogens with two attached hydrogens (primary N) is 1. The molecule has 8 nitrogen and oxygen atoms in total. The summed E-state index contributed by atoms with van der Waals surface area (Å²) in [7, 11) is 0. The second-order valence-electron chi connectivity index (χ2n) is 16.1. The molecule has 0 aliphatic carbocycles. The van der Waals surface area contributed by atoms with E-state index in [-0.39, 0.29) is 40.1 Å². The standard InChI is InChI=1S/2C18H36O2.C7H7NO2.C3H7O.Ti/c2*1-17(2)15-13-11-9-7-5-3-4-6-8-10-12-14-16-18(19)20;8-6-3-1-5(2-4-6)7(9)10;1-3(2)4;/h2*17H,3-16H2,1-2H3,(H,19,20);1-4H,8H2,(H,9,10);3H,1-2H3;/q;;;-1;+4/p-3. The van der Waals surface area contributed by atoms with E-state index >= 15 is 0 Å². The van der Waals surface area contributed by atoms with Crippen LogP contribution in [0, 0.1) is 11.8 Å². The number of hydrogen-bond acceptors (Lipinski definition) is 8. The molecular formula is C46H83NO7Ti. The van der Waals surface area contributed by atoms with Crippen LogP contribution >= 0.6 is 0 Å². The monoisotopic (exact) mass is 810 g/mol. The number of carboxylic acids is 3. The smallest absolute Gasteiger partial charge is 0.852 e. The minimum atomic E-state index is -1.18. The maximum atomic E-state index is 10.2. The van der Waals surface area contributed by atoms with Crippen molar-refractivity contribution in [3.63, 3.8) is 0 Å². The number of benzene rings is 1. The van der Waals surface area contributed by atoms with Gasteiger partial charge in [0.1, 0.15) is 0 Å². The molecule has 0 radical (unpaired) electrons. The Labute approximate surface area is 353 Å². The van der Waals surface area contributed by atoms with E-state index in [1.54, 1.807) is 13.8 Å². The van der Waals surface area contributed by atoms with E-state index in [0.29, 0.717) is 5.69 Å². The maximum absolute atomic E-state index is 10.2. The van der Waals surface area contributed by atoms with Crippen molar-refractivity contribution in [1.82, 2.24) is 0 Å². The molecule has 0 atom stereocenters. The van der Waals surface area contributed by atoms with Crippen molar-refractivity contribution in [3.05, 3.63) is 29.8 Å². The molecular weight excluding hydrogens is 726 g/mol. The number of carbonyl (C=O) groups is 3. The van der Waals surface area contributed by atoms with Crippen LogP contribution in [-0.4, -0.2) is 24.0 Å². The van der Waals surface area contributed by atoms with Crippen LogP contribution in [0.3, 0.4) is 0 Å². The van der Waals surface area contributed by atoms with Crippen molar-refractivity contribution < 1.29 is 56.5 Å². The number of aliphatic carboxylic acids is 2. The molecule has 0 aliphatic heterocycles. The zero-order chi connectivity index (χ0) is 41.2. The number of rotatable bonds is 31. The van der Waals surface area contributed by atoms with Crippen LogP contribution in [0.25, 0.3) is 0 Å². The Morgan fingerprint density at radius 2 is 0.673 bits per heavy atom. The zero-order valence-corrected chi connectivity index (χ0v) is 37.8. The summed E-state index contributed by atoms with van der Waals surface area (Å²) in [5.74, 6) is -1.26. The first kappa shape index (κ1) is 59.8. The molecule has 0 saturated carbocycles. The van der Waals surface area contributed by atoms with E-state index in [4.69, 9.17) is 5.73 Å². The summed E-state index contributed by atoms with van der Waals surface area (Å²) in [5, 5.41) is 40.1. The van der Waals surface area contributed by atoms with Gasteiger partial charge in [-0.1, -0.05) is 208 Å². The molecule has 1 rings (SSSR count). The third kappa shape index (κ3) is 61.5. The van der Waals surface area contributed by atoms with Crippen molar-refractivity contribution >= 4 is 23.6 Å². The van der Waals surface area contributed by atoms with Gasteiger partial charge in [-0.2, -0.15) is 0 Å². The van der Waals surface area contributed by atoms with Gasteiger partial charge in [0.15, 0.2) is 0 Å². The summed E-state index contributed by atoms with van der Waals surface area (Å²) >= 11 is 0. The molecule has 0 unspecified atom stereocenters. The normalized spacial score (nSPS) is 10.4. The molecule has 318 valence electrons. The van der Waals surface area contributed by atoms with E-state index in [2.05, 4.69) is 27.7 Å². The van der Waals surface area contributed by atoms with Crippen LogP contribution in [0.15, 0.2) is 24.3 Å². The van der Waals surface area contributed by atoms with Crippen LogP contribution in [0.1, 0.15) is 232 Å². The molecule has 1 aromatic carbocycles. The topological polar surface area (TPSA) is 169 Å². The second-order valence-corrected chi connectivity index (χ2v) is 16.1. The Kier molecular flexibility index (Phi) is 50.5. The predicted octanol–water partition coefficient (Wildman–Crippen LogP) is 9.09. The number of aromatic carboxylic acids is 1. The van der Waals surface area contributed by atoms with Crippen LogP contribution < -0.4 is 26.2 Å². The van der Waals surface area contributed by atoms with E-state index in [1.807, 2.05) is 0 Å². The van der Waals surface area contributed by atoms with Crippen molar-refractivity contribution in [2.75, 3.05) is 5.73 Å². The molecule has 9 heteroatoms. The Balaban J connectivity index is -0.000000349. The number of unbranched alkanes of at least 4 members (excludes halogenated alkanes) is 22. The Morgan fingerprint density at radius 3 is 0.873 bits per heavy atom. The van der Waals surface area contributed by atoms with Crippen molar-refractivity contribution in [1.29, 1.82) is 0 Å². The molecule has 0 saturated heterocycles. The summed E-state index contributed by atoms with van der Waals surface area (Å²) in [6.07, 6.45) is 33.6. The minimum Gasteiger partial charge on any atom is -0.852 e. The van der Waals surface area contributed by atoms with Gasteiger partial charge < -0.3 is 40.5 Å². The second kappa shape index (κ2) is 46.5. The molecule has 0 aliphatic rings. The fraction of sp³-hybridized carbons (Fsp3) is 0.804. The van der Waals surface area contributed by atoms with E-state index in [0.717, 1.165) is 37.5 Å². The van der Waals surface area contributed by atoms with Gasteiger partial charge >= 0.3 is 21.7 Å². The number of nitrogen functional groups attached to an aromatic ring is 1. The molecule has 0 aromatic heterocycles. The van der Waals surface area contributed by atoms with Gasteiger partial charge in [-0.05, 0) is 55.2 Å². The first-order valence-electron chi connectivity index (χ1n) is 21.8. The first-order chi connectivity index (χ1) is 25.7. The van der Waals surface area contributed by atoms with Gasteiger partial charge in [0.05, 0.1) is 5.97 Å². The number of carboxylic acid groups (broad SMARTS) is 3. The summed E-state index contributed by atoms with van der Waals surface area (Å²) in [6, 6.07) is 5.85. The Morgan fingerprint density at radius 1 is 0.455 bits per heavy atom. The van der Waals surface area contributed by atoms with Crippen molar-refractivity contribution in [2.45, 2.75) is 227 Å². The van der Waals surface area contributed by atoms with Crippen molar-refractivity contribution in [2.24, 2.45) is 11.8 Å². The van der Waals surface area contributed by atoms with E-state index in [9.17, 15) is 34.8 Å². The zero-order valence-electron chi connectivity index (χ0n) is 36.3. The molecule has 0 spiro atoms. The van der Waals surface area contributed by atoms with E-state index in [1.165, 1.54) is 166 Å². The van der Waals surface area contributed by atoms with Crippen molar-refractivity contribution in [3.8, 4) is 0 Å². The van der Waals surface area contributed by atoms with Crippen LogP contribution in [0.5, 0.6) is 0 Å². The molecule has 0 fully saturated rings. The number of anilines is 1. The number of carbonyl (C=O) groups excluding carboxylic acids is 3. The quantitative estimate of drug-likeness (QED) is 0.0440. The maximum Gasteiger partial charge on any atom is 4.00 e. The SMILES string of the molecule is CC(C)CCCCCCCCCCCCCCC(=O)[O-].CC(C)CCCCCCCCCCCCCCC(=O)[O-].CC(C)[O-].Nc1ccc(C(=O)[O-])cc1.[Ti+4]. The average molecular weight is 810 g/mol. The Hall–Kier alpha value is -1.90. The van der Waals surface area contributed by atoms with Crippen LogP contribution in [0.2, 0.25) is 0 Å². The average Bonchev–Trinajstić information content (AvgIpc) is 3.08. The predicted molar refractivity (Wildman–Crippen MR) is 219 cm³/mol. The summed E-state index contributed by atoms with van der Waals surface area (Å²) < 4.78 is 0. The van der Waals surface area contributed by atoms with Crippen LogP contribution in [0.4, 0.5) is 5.69 Å². The first-order valence-corrected chi connectivity index (χ1v) is 21.8. The molecule has 0 heterocycles. The van der Waals surface area contributed by atoms with Gasteiger partial charge in [0, 0.05) is 17.6 Å². The largest absolute Gasteiger partial charge is 4.00 e. The molecule has 0 bridgehead atoms. The Bertz CT molecular complexity index is 905. The van der Waals surface area contributed by atoms with Gasteiger partial charge in [-0.3, -0.25) is 0 Å². The van der Waals surface area contributed by atoms with Crippen LogP contribution in [-0.2, 0) is 31.3 Å². The molecule has 2 N–H and O–H groups in total. The van der Waals surface area contributed by atoms with Gasteiger partial charge in [-0.25, -0.2) is 0 Å². The third-order valence-electron chi connectivity index (χ3n) is 8.97. The summed E-state index contributed by atoms with van der Waals surface area (Å²) in [4.78, 5) is 30.6.